The number of rotatable bonds is 0. The van der Waals surface area contributed by atoms with Crippen LogP contribution in [-0.4, -0.2) is 37.7 Å². The summed E-state index contributed by atoms with van der Waals surface area (Å²) in [4.78, 5) is 0. The summed E-state index contributed by atoms with van der Waals surface area (Å²) in [5.74, 6) is 0. The Balaban J connectivity index is 0. The summed E-state index contributed by atoms with van der Waals surface area (Å²) in [5.41, 5.74) is 1.22. The Morgan fingerprint density at radius 3 is 1.75 bits per heavy atom. The molecular weight excluding hydrogens is 102 g/mol. The summed E-state index contributed by atoms with van der Waals surface area (Å²) in [7, 11) is 0. The van der Waals surface area contributed by atoms with Gasteiger partial charge in [-0.1, -0.05) is 0 Å². The minimum atomic E-state index is 0. The van der Waals surface area contributed by atoms with Gasteiger partial charge in [-0.3, -0.25) is 0 Å². The number of nitriles is 1. The Morgan fingerprint density at radius 1 is 1.75 bits per heavy atom. The van der Waals surface area contributed by atoms with Crippen LogP contribution in [0.5, 0.6) is 0 Å². The van der Waals surface area contributed by atoms with Gasteiger partial charge in [0.25, 0.3) is 0 Å². The molecule has 18 valence electrons. The van der Waals surface area contributed by atoms with E-state index in [1.807, 2.05) is 0 Å². The molecule has 0 saturated heterocycles. The zero-order valence-electron chi connectivity index (χ0n) is 2.03. The first-order chi connectivity index (χ1) is 1.41. The van der Waals surface area contributed by atoms with Crippen LogP contribution in [-0.2, 0) is 0 Å². The zero-order valence-corrected chi connectivity index (χ0v) is 5.00. The molecule has 0 bridgehead atoms. The van der Waals surface area contributed by atoms with Crippen molar-refractivity contribution < 1.29 is 0 Å². The SMILES string of the molecule is N#CCl.[Ca]. The minimum Gasteiger partial charge on any atom is -0.179 e. The summed E-state index contributed by atoms with van der Waals surface area (Å²) in [5, 5.41) is 7.08. The first-order valence-electron chi connectivity index (χ1n) is 0.413. The van der Waals surface area contributed by atoms with Crippen LogP contribution in [0, 0.1) is 10.8 Å². The van der Waals surface area contributed by atoms with E-state index in [2.05, 4.69) is 11.6 Å². The molecule has 0 fully saturated rings. The van der Waals surface area contributed by atoms with Crippen molar-refractivity contribution in [2.75, 3.05) is 0 Å². The van der Waals surface area contributed by atoms with Crippen molar-refractivity contribution in [2.24, 2.45) is 0 Å². The van der Waals surface area contributed by atoms with E-state index >= 15 is 0 Å². The van der Waals surface area contributed by atoms with Crippen molar-refractivity contribution in [3.63, 3.8) is 0 Å². The predicted octanol–water partition coefficient (Wildman–Crippen LogP) is 0.325. The smallest absolute Gasteiger partial charge is 0.173 e. The molecule has 0 atom stereocenters. The van der Waals surface area contributed by atoms with Gasteiger partial charge in [0.15, 0.2) is 5.53 Å². The second-order valence-corrected chi connectivity index (χ2v) is 0.254. The van der Waals surface area contributed by atoms with Crippen LogP contribution in [0.15, 0.2) is 0 Å². The maximum Gasteiger partial charge on any atom is 0.173 e. The Hall–Kier alpha value is 1.04. The largest absolute Gasteiger partial charge is 0.179 e. The van der Waals surface area contributed by atoms with Gasteiger partial charge in [0, 0.05) is 49.3 Å². The second kappa shape index (κ2) is 8.97. The maximum atomic E-state index is 7.08. The monoisotopic (exact) mass is 101 g/mol. The van der Waals surface area contributed by atoms with Crippen molar-refractivity contribution >= 4 is 49.3 Å². The van der Waals surface area contributed by atoms with Gasteiger partial charge in [0.05, 0.1) is 0 Å². The number of halogens is 1. The number of hydrogen-bond acceptors (Lipinski definition) is 1. The van der Waals surface area contributed by atoms with Gasteiger partial charge in [-0.15, -0.1) is 0 Å². The van der Waals surface area contributed by atoms with Gasteiger partial charge in [-0.2, -0.15) is 5.26 Å². The van der Waals surface area contributed by atoms with E-state index in [1.165, 1.54) is 5.53 Å². The quantitative estimate of drug-likeness (QED) is 0.404. The first kappa shape index (κ1) is 8.90. The fourth-order valence-electron chi connectivity index (χ4n) is 0. The average Bonchev–Trinajstić information content (AvgIpc) is 0.918. The normalized spacial score (nSPS) is 2.00. The van der Waals surface area contributed by atoms with E-state index < -0.39 is 0 Å². The Kier molecular flexibility index (Phi) is 20.0. The van der Waals surface area contributed by atoms with Crippen LogP contribution in [0.25, 0.3) is 0 Å². The molecule has 0 unspecified atom stereocenters. The molecule has 0 heterocycles. The second-order valence-electron chi connectivity index (χ2n) is 0.0845. The molecular formula is CCaClN. The van der Waals surface area contributed by atoms with E-state index in [0.717, 1.165) is 0 Å². The summed E-state index contributed by atoms with van der Waals surface area (Å²) in [6.45, 7) is 0. The Labute approximate surface area is 59.6 Å². The molecule has 0 rings (SSSR count). The van der Waals surface area contributed by atoms with Crippen LogP contribution in [0.3, 0.4) is 0 Å². The standard InChI is InChI=1S/CClN.Ca/c2-1-3;. The van der Waals surface area contributed by atoms with Gasteiger partial charge >= 0.3 is 0 Å². The molecule has 3 heteroatoms. The molecule has 4 heavy (non-hydrogen) atoms. The third kappa shape index (κ3) is 11.7. The Morgan fingerprint density at radius 2 is 1.75 bits per heavy atom. The molecule has 0 aliphatic carbocycles. The fraction of sp³-hybridized carbons (Fsp3) is 0. The van der Waals surface area contributed by atoms with Gasteiger partial charge in [0.2, 0.25) is 0 Å². The first-order valence-corrected chi connectivity index (χ1v) is 0.791. The van der Waals surface area contributed by atoms with Crippen molar-refractivity contribution in [1.29, 1.82) is 5.26 Å². The van der Waals surface area contributed by atoms with Crippen molar-refractivity contribution in [2.45, 2.75) is 0 Å². The third-order valence-electron chi connectivity index (χ3n) is 0. The molecule has 0 spiro atoms. The third-order valence-corrected chi connectivity index (χ3v) is 0. The van der Waals surface area contributed by atoms with E-state index in [1.54, 1.807) is 0 Å². The fourth-order valence-corrected chi connectivity index (χ4v) is 0. The molecule has 0 saturated carbocycles. The van der Waals surface area contributed by atoms with Gasteiger partial charge in [0.1, 0.15) is 0 Å². The van der Waals surface area contributed by atoms with Crippen LogP contribution < -0.4 is 0 Å². The van der Waals surface area contributed by atoms with Crippen LogP contribution >= 0.6 is 11.6 Å². The van der Waals surface area contributed by atoms with E-state index in [9.17, 15) is 0 Å². The summed E-state index contributed by atoms with van der Waals surface area (Å²) < 4.78 is 0. The maximum absolute atomic E-state index is 7.08. The average molecular weight is 102 g/mol. The minimum absolute atomic E-state index is 0. The molecule has 2 radical (unpaired) electrons. The number of hydrogen-bond donors (Lipinski definition) is 0. The van der Waals surface area contributed by atoms with Gasteiger partial charge in [-0.05, 0) is 0 Å². The molecule has 0 aliphatic heterocycles. The van der Waals surface area contributed by atoms with E-state index in [4.69, 9.17) is 5.26 Å². The van der Waals surface area contributed by atoms with Crippen molar-refractivity contribution in [1.82, 2.24) is 0 Å². The molecule has 0 aliphatic rings. The number of nitrogens with zero attached hydrogens (tertiary/aromatic N) is 1. The van der Waals surface area contributed by atoms with Crippen molar-refractivity contribution in [3.05, 3.63) is 0 Å². The molecule has 0 amide bonds. The molecule has 0 aromatic rings. The molecule has 0 aromatic carbocycles. The van der Waals surface area contributed by atoms with E-state index in [0.29, 0.717) is 0 Å². The van der Waals surface area contributed by atoms with Crippen LogP contribution in [0.2, 0.25) is 0 Å². The molecule has 1 nitrogen and oxygen atoms in total. The Bertz CT molecular complexity index is 29.5. The van der Waals surface area contributed by atoms with Gasteiger partial charge < -0.3 is 0 Å². The van der Waals surface area contributed by atoms with Gasteiger partial charge in [-0.25, -0.2) is 0 Å². The van der Waals surface area contributed by atoms with Crippen LogP contribution in [0.4, 0.5) is 0 Å². The zero-order chi connectivity index (χ0) is 2.71. The summed E-state index contributed by atoms with van der Waals surface area (Å²) in [6, 6.07) is 0. The predicted molar refractivity (Wildman–Crippen MR) is 17.2 cm³/mol. The van der Waals surface area contributed by atoms with E-state index in [-0.39, 0.29) is 37.7 Å². The van der Waals surface area contributed by atoms with Crippen molar-refractivity contribution in [3.8, 4) is 5.53 Å². The van der Waals surface area contributed by atoms with Crippen LogP contribution in [0.1, 0.15) is 0 Å². The summed E-state index contributed by atoms with van der Waals surface area (Å²) in [6.07, 6.45) is 0. The molecule has 0 N–H and O–H groups in total. The topological polar surface area (TPSA) is 23.8 Å². The molecule has 0 aromatic heterocycles. The summed E-state index contributed by atoms with van der Waals surface area (Å²) >= 11 is 4.30.